The van der Waals surface area contributed by atoms with Gasteiger partial charge in [-0.2, -0.15) is 0 Å². The highest BCUT2D eigenvalue weighted by Crippen LogP contribution is 2.45. The van der Waals surface area contributed by atoms with Crippen molar-refractivity contribution in [3.05, 3.63) is 0 Å². The van der Waals surface area contributed by atoms with Crippen LogP contribution in [0.3, 0.4) is 0 Å². The Labute approximate surface area is 69.2 Å². The molecule has 0 bridgehead atoms. The lowest BCUT2D eigenvalue weighted by molar-refractivity contribution is 0.00769. The number of aliphatic hydroxyl groups is 2. The van der Waals surface area contributed by atoms with E-state index in [1.54, 1.807) is 0 Å². The van der Waals surface area contributed by atoms with Crippen LogP contribution in [0.2, 0.25) is 0 Å². The Hall–Kier alpha value is -0.0100. The zero-order valence-electron chi connectivity index (χ0n) is 6.45. The van der Waals surface area contributed by atoms with Crippen LogP contribution in [0, 0.1) is 0 Å². The monoisotopic (exact) mass is 200 g/mol. The molecule has 0 heterocycles. The van der Waals surface area contributed by atoms with Gasteiger partial charge >= 0.3 is 7.60 Å². The first-order chi connectivity index (χ1) is 5.07. The third kappa shape index (κ3) is 3.16. The molecule has 12 heavy (non-hydrogen) atoms. The molecule has 0 radical (unpaired) electrons. The molecule has 74 valence electrons. The zero-order chi connectivity index (χ0) is 10.2. The Morgan fingerprint density at radius 1 is 1.50 bits per heavy atom. The van der Waals surface area contributed by atoms with Gasteiger partial charge in [-0.15, -0.1) is 0 Å². The molecule has 0 rings (SSSR count). The third-order valence-corrected chi connectivity index (χ3v) is 2.84. The summed E-state index contributed by atoms with van der Waals surface area (Å²) in [5.74, 6) is 0. The van der Waals surface area contributed by atoms with Gasteiger partial charge in [-0.1, -0.05) is 0 Å². The Kier molecular flexibility index (Phi) is 3.39. The van der Waals surface area contributed by atoms with Crippen LogP contribution in [0.1, 0.15) is 6.92 Å². The van der Waals surface area contributed by atoms with Gasteiger partial charge in [0, 0.05) is 0 Å². The minimum Gasteiger partial charge on any atom is -0.378 e. The quantitative estimate of drug-likeness (QED) is 0.217. The number of hydrogen-bond acceptors (Lipinski definition) is 5. The lowest BCUT2D eigenvalue weighted by atomic mass is 10.1. The number of aliphatic hydroxyl groups excluding tert-OH is 1. The van der Waals surface area contributed by atoms with Crippen molar-refractivity contribution in [2.75, 3.05) is 0 Å². The fourth-order valence-corrected chi connectivity index (χ4v) is 1.96. The van der Waals surface area contributed by atoms with E-state index in [0.29, 0.717) is 0 Å². The molecule has 8 heteroatoms. The Morgan fingerprint density at radius 3 is 1.83 bits per heavy atom. The van der Waals surface area contributed by atoms with E-state index in [4.69, 9.17) is 31.5 Å². The van der Waals surface area contributed by atoms with Gasteiger partial charge in [0.15, 0.2) is 0 Å². The summed E-state index contributed by atoms with van der Waals surface area (Å²) in [5.41, 5.74) is 5.72. The first-order valence-corrected chi connectivity index (χ1v) is 4.75. The lowest BCUT2D eigenvalue weighted by Gasteiger charge is -2.30. The van der Waals surface area contributed by atoms with Crippen molar-refractivity contribution < 1.29 is 24.6 Å². The topological polar surface area (TPSA) is 150 Å². The highest BCUT2D eigenvalue weighted by Gasteiger charge is 2.45. The normalized spacial score (nSPS) is 22.9. The molecular formula is C4H13N2O5P. The molecule has 0 aromatic carbocycles. The highest BCUT2D eigenvalue weighted by atomic mass is 31.2. The van der Waals surface area contributed by atoms with Crippen LogP contribution in [-0.2, 0) is 4.57 Å². The molecule has 0 spiro atoms. The number of rotatable bonds is 3. The summed E-state index contributed by atoms with van der Waals surface area (Å²) < 4.78 is 10.6. The maximum atomic E-state index is 10.6. The van der Waals surface area contributed by atoms with E-state index in [1.165, 1.54) is 0 Å². The Balaban J connectivity index is 4.83. The van der Waals surface area contributed by atoms with E-state index >= 15 is 0 Å². The van der Waals surface area contributed by atoms with Crippen LogP contribution < -0.4 is 11.5 Å². The molecule has 0 saturated heterocycles. The predicted molar refractivity (Wildman–Crippen MR) is 40.8 cm³/mol. The first kappa shape index (κ1) is 12.0. The van der Waals surface area contributed by atoms with Crippen LogP contribution in [0.15, 0.2) is 0 Å². The molecule has 0 amide bonds. The molecule has 0 aliphatic rings. The van der Waals surface area contributed by atoms with Crippen molar-refractivity contribution in [1.82, 2.24) is 0 Å². The number of hydrogen-bond donors (Lipinski definition) is 6. The molecule has 0 aliphatic carbocycles. The predicted octanol–water partition coefficient (Wildman–Crippen LogP) is -2.52. The van der Waals surface area contributed by atoms with Gasteiger partial charge in [0.05, 0.1) is 0 Å². The van der Waals surface area contributed by atoms with E-state index in [0.717, 1.165) is 6.92 Å². The minimum atomic E-state index is -4.70. The molecule has 0 aromatic rings. The van der Waals surface area contributed by atoms with Gasteiger partial charge in [0.25, 0.3) is 0 Å². The smallest absolute Gasteiger partial charge is 0.336 e. The Morgan fingerprint density at radius 2 is 1.83 bits per heavy atom. The van der Waals surface area contributed by atoms with Crippen LogP contribution in [0.5, 0.6) is 0 Å². The minimum absolute atomic E-state index is 0.951. The van der Waals surface area contributed by atoms with Crippen LogP contribution in [0.4, 0.5) is 0 Å². The maximum Gasteiger partial charge on any atom is 0.336 e. The molecule has 3 atom stereocenters. The van der Waals surface area contributed by atoms with Gasteiger partial charge in [0.1, 0.15) is 17.6 Å². The summed E-state index contributed by atoms with van der Waals surface area (Å²) in [5, 5.41) is 17.8. The van der Waals surface area contributed by atoms with Crippen molar-refractivity contribution in [2.45, 2.75) is 24.5 Å². The Bertz CT molecular complexity index is 194. The molecule has 8 N–H and O–H groups in total. The number of nitrogens with two attached hydrogens (primary N) is 2. The summed E-state index contributed by atoms with van der Waals surface area (Å²) in [6.07, 6.45) is -1.87. The van der Waals surface area contributed by atoms with Crippen molar-refractivity contribution in [1.29, 1.82) is 0 Å². The van der Waals surface area contributed by atoms with Gasteiger partial charge in [-0.05, 0) is 6.92 Å². The summed E-state index contributed by atoms with van der Waals surface area (Å²) in [4.78, 5) is 17.2. The van der Waals surface area contributed by atoms with Crippen LogP contribution >= 0.6 is 7.60 Å². The fourth-order valence-electron chi connectivity index (χ4n) is 0.885. The second kappa shape index (κ2) is 3.39. The largest absolute Gasteiger partial charge is 0.378 e. The molecule has 3 unspecified atom stereocenters. The van der Waals surface area contributed by atoms with E-state index < -0.39 is 25.2 Å². The van der Waals surface area contributed by atoms with Gasteiger partial charge in [-0.3, -0.25) is 4.57 Å². The lowest BCUT2D eigenvalue weighted by Crippen LogP contribution is -2.55. The average molecular weight is 200 g/mol. The van der Waals surface area contributed by atoms with Crippen LogP contribution in [-0.4, -0.2) is 37.6 Å². The SMILES string of the molecule is CC(N)(O)C(C(N)O)P(=O)(O)O. The maximum absolute atomic E-state index is 10.6. The van der Waals surface area contributed by atoms with E-state index in [9.17, 15) is 4.57 Å². The molecule has 0 aliphatic heterocycles. The summed E-state index contributed by atoms with van der Waals surface area (Å²) >= 11 is 0. The highest BCUT2D eigenvalue weighted by molar-refractivity contribution is 7.52. The zero-order valence-corrected chi connectivity index (χ0v) is 7.35. The molecule has 0 aromatic heterocycles. The summed E-state index contributed by atoms with van der Waals surface area (Å²) in [6.45, 7) is 0.951. The fraction of sp³-hybridized carbons (Fsp3) is 1.00. The second-order valence-electron chi connectivity index (χ2n) is 2.75. The van der Waals surface area contributed by atoms with Crippen molar-refractivity contribution >= 4 is 7.60 Å². The van der Waals surface area contributed by atoms with E-state index in [-0.39, 0.29) is 0 Å². The van der Waals surface area contributed by atoms with E-state index in [1.807, 2.05) is 0 Å². The van der Waals surface area contributed by atoms with Gasteiger partial charge in [-0.25, -0.2) is 0 Å². The van der Waals surface area contributed by atoms with Gasteiger partial charge in [0.2, 0.25) is 0 Å². The molecular weight excluding hydrogens is 187 g/mol. The van der Waals surface area contributed by atoms with Crippen molar-refractivity contribution in [3.63, 3.8) is 0 Å². The van der Waals surface area contributed by atoms with Crippen molar-refractivity contribution in [3.8, 4) is 0 Å². The van der Waals surface area contributed by atoms with Crippen molar-refractivity contribution in [2.24, 2.45) is 11.5 Å². The average Bonchev–Trinajstić information content (AvgIpc) is 1.49. The molecule has 0 fully saturated rings. The summed E-state index contributed by atoms with van der Waals surface area (Å²) in [7, 11) is -4.70. The van der Waals surface area contributed by atoms with E-state index in [2.05, 4.69) is 0 Å². The van der Waals surface area contributed by atoms with Crippen LogP contribution in [0.25, 0.3) is 0 Å². The van der Waals surface area contributed by atoms with Gasteiger partial charge < -0.3 is 31.5 Å². The molecule has 7 nitrogen and oxygen atoms in total. The second-order valence-corrected chi connectivity index (χ2v) is 4.48. The first-order valence-electron chi connectivity index (χ1n) is 3.07. The standard InChI is InChI=1S/C4H13N2O5P/c1-4(6,8)2(3(5)7)12(9,10)11/h2-3,7-8H,5-6H2,1H3,(H2,9,10,11). The third-order valence-electron chi connectivity index (χ3n) is 1.28. The molecule has 0 saturated carbocycles. The summed E-state index contributed by atoms with van der Waals surface area (Å²) in [6, 6.07) is 0.